The molecule has 0 amide bonds. The molecule has 4 nitrogen and oxygen atoms in total. The van der Waals surface area contributed by atoms with Crippen LogP contribution in [0.3, 0.4) is 0 Å². The molecular formula is C13H21N3O. The minimum absolute atomic E-state index is 0.0832. The van der Waals surface area contributed by atoms with Crippen LogP contribution >= 0.6 is 0 Å². The van der Waals surface area contributed by atoms with Gasteiger partial charge < -0.3 is 10.0 Å². The summed E-state index contributed by atoms with van der Waals surface area (Å²) in [5.74, 6) is 0. The van der Waals surface area contributed by atoms with E-state index in [0.717, 1.165) is 25.2 Å². The zero-order valence-electron chi connectivity index (χ0n) is 10.6. The molecule has 0 spiro atoms. The van der Waals surface area contributed by atoms with E-state index >= 15 is 0 Å². The van der Waals surface area contributed by atoms with Gasteiger partial charge in [0, 0.05) is 38.1 Å². The largest absolute Gasteiger partial charge is 0.394 e. The van der Waals surface area contributed by atoms with Crippen molar-refractivity contribution < 1.29 is 5.11 Å². The Morgan fingerprint density at radius 3 is 2.94 bits per heavy atom. The second kappa shape index (κ2) is 5.58. The molecule has 2 rings (SSSR count). The Kier molecular flexibility index (Phi) is 4.10. The molecule has 1 N–H and O–H groups in total. The van der Waals surface area contributed by atoms with Crippen LogP contribution in [0.5, 0.6) is 0 Å². The summed E-state index contributed by atoms with van der Waals surface area (Å²) in [6, 6.07) is 4.59. The van der Waals surface area contributed by atoms with Crippen molar-refractivity contribution in [2.45, 2.75) is 19.0 Å². The average molecular weight is 235 g/mol. The van der Waals surface area contributed by atoms with Crippen LogP contribution < -0.4 is 0 Å². The third kappa shape index (κ3) is 2.83. The van der Waals surface area contributed by atoms with Gasteiger partial charge in [0.2, 0.25) is 0 Å². The summed E-state index contributed by atoms with van der Waals surface area (Å²) in [7, 11) is 2.15. The number of nitrogens with zero attached hydrogens (tertiary/aromatic N) is 3. The fourth-order valence-corrected chi connectivity index (χ4v) is 2.36. The molecule has 0 radical (unpaired) electrons. The van der Waals surface area contributed by atoms with Crippen molar-refractivity contribution in [3.63, 3.8) is 0 Å². The fourth-order valence-electron chi connectivity index (χ4n) is 2.36. The molecule has 2 atom stereocenters. The Bertz CT molecular complexity index is 344. The minimum Gasteiger partial charge on any atom is -0.394 e. The number of hydrogen-bond donors (Lipinski definition) is 1. The molecule has 0 saturated carbocycles. The number of pyridine rings is 1. The van der Waals surface area contributed by atoms with Crippen LogP contribution in [0.1, 0.15) is 18.5 Å². The van der Waals surface area contributed by atoms with Crippen molar-refractivity contribution in [3.8, 4) is 0 Å². The second-order valence-electron chi connectivity index (χ2n) is 4.81. The molecule has 1 aliphatic rings. The quantitative estimate of drug-likeness (QED) is 0.839. The van der Waals surface area contributed by atoms with Crippen LogP contribution in [0, 0.1) is 0 Å². The molecule has 1 saturated heterocycles. The number of aliphatic hydroxyl groups is 1. The van der Waals surface area contributed by atoms with E-state index in [1.165, 1.54) is 0 Å². The van der Waals surface area contributed by atoms with Gasteiger partial charge in [0.15, 0.2) is 0 Å². The first-order chi connectivity index (χ1) is 8.22. The van der Waals surface area contributed by atoms with Crippen molar-refractivity contribution >= 4 is 0 Å². The van der Waals surface area contributed by atoms with Crippen LogP contribution in [-0.4, -0.2) is 59.2 Å². The summed E-state index contributed by atoms with van der Waals surface area (Å²) in [4.78, 5) is 8.84. The monoisotopic (exact) mass is 235 g/mol. The van der Waals surface area contributed by atoms with E-state index in [-0.39, 0.29) is 12.6 Å². The maximum Gasteiger partial charge on any atom is 0.0629 e. The number of piperazine rings is 1. The third-order valence-electron chi connectivity index (χ3n) is 3.67. The highest BCUT2D eigenvalue weighted by atomic mass is 16.3. The molecule has 0 aliphatic carbocycles. The van der Waals surface area contributed by atoms with E-state index < -0.39 is 0 Å². The van der Waals surface area contributed by atoms with Gasteiger partial charge in [0.25, 0.3) is 0 Å². The summed E-state index contributed by atoms with van der Waals surface area (Å²) in [5.41, 5.74) is 1.10. The summed E-state index contributed by atoms with van der Waals surface area (Å²) in [5, 5.41) is 9.60. The van der Waals surface area contributed by atoms with E-state index in [9.17, 15) is 5.11 Å². The molecular weight excluding hydrogens is 214 g/mol. The Morgan fingerprint density at radius 1 is 1.53 bits per heavy atom. The molecule has 0 bridgehead atoms. The van der Waals surface area contributed by atoms with Crippen LogP contribution in [0.25, 0.3) is 0 Å². The number of likely N-dealkylation sites (N-methyl/N-ethyl adjacent to an activating group) is 1. The van der Waals surface area contributed by atoms with Gasteiger partial charge in [0.05, 0.1) is 12.6 Å². The van der Waals surface area contributed by atoms with E-state index in [1.807, 2.05) is 18.3 Å². The van der Waals surface area contributed by atoms with Crippen LogP contribution in [0.4, 0.5) is 0 Å². The van der Waals surface area contributed by atoms with Gasteiger partial charge >= 0.3 is 0 Å². The van der Waals surface area contributed by atoms with Crippen LogP contribution in [-0.2, 0) is 0 Å². The van der Waals surface area contributed by atoms with E-state index in [1.54, 1.807) is 6.20 Å². The van der Waals surface area contributed by atoms with Crippen LogP contribution in [0.2, 0.25) is 0 Å². The number of aromatic nitrogens is 1. The lowest BCUT2D eigenvalue weighted by Crippen LogP contribution is -2.51. The lowest BCUT2D eigenvalue weighted by Gasteiger charge is -2.41. The van der Waals surface area contributed by atoms with Gasteiger partial charge in [-0.2, -0.15) is 0 Å². The highest BCUT2D eigenvalue weighted by Gasteiger charge is 2.27. The van der Waals surface area contributed by atoms with Gasteiger partial charge in [0.1, 0.15) is 0 Å². The SMILES string of the molecule is CC1CN(C(CO)c2cccnc2)CCN1C. The lowest BCUT2D eigenvalue weighted by molar-refractivity contribution is 0.0462. The van der Waals surface area contributed by atoms with Crippen molar-refractivity contribution in [2.24, 2.45) is 0 Å². The van der Waals surface area contributed by atoms with E-state index in [4.69, 9.17) is 0 Å². The zero-order chi connectivity index (χ0) is 12.3. The molecule has 2 heterocycles. The maximum absolute atomic E-state index is 9.60. The molecule has 0 aromatic carbocycles. The van der Waals surface area contributed by atoms with E-state index in [0.29, 0.717) is 6.04 Å². The summed E-state index contributed by atoms with van der Waals surface area (Å²) in [6.45, 7) is 5.43. The molecule has 1 aromatic heterocycles. The first kappa shape index (κ1) is 12.5. The smallest absolute Gasteiger partial charge is 0.0629 e. The number of hydrogen-bond acceptors (Lipinski definition) is 4. The van der Waals surface area contributed by atoms with E-state index in [2.05, 4.69) is 28.8 Å². The highest BCUT2D eigenvalue weighted by Crippen LogP contribution is 2.22. The Labute approximate surface area is 103 Å². The van der Waals surface area contributed by atoms with Gasteiger partial charge in [-0.05, 0) is 25.6 Å². The van der Waals surface area contributed by atoms with Crippen molar-refractivity contribution in [1.29, 1.82) is 0 Å². The summed E-state index contributed by atoms with van der Waals surface area (Å²) >= 11 is 0. The lowest BCUT2D eigenvalue weighted by atomic mass is 10.1. The molecule has 4 heteroatoms. The summed E-state index contributed by atoms with van der Waals surface area (Å²) < 4.78 is 0. The van der Waals surface area contributed by atoms with Crippen molar-refractivity contribution in [3.05, 3.63) is 30.1 Å². The summed E-state index contributed by atoms with van der Waals surface area (Å²) in [6.07, 6.45) is 3.62. The van der Waals surface area contributed by atoms with Crippen molar-refractivity contribution in [1.82, 2.24) is 14.8 Å². The van der Waals surface area contributed by atoms with Gasteiger partial charge in [-0.15, -0.1) is 0 Å². The average Bonchev–Trinajstić information content (AvgIpc) is 2.36. The Morgan fingerprint density at radius 2 is 2.35 bits per heavy atom. The molecule has 17 heavy (non-hydrogen) atoms. The highest BCUT2D eigenvalue weighted by molar-refractivity contribution is 5.14. The Hall–Kier alpha value is -0.970. The molecule has 2 unspecified atom stereocenters. The standard InChI is InChI=1S/C13H21N3O/c1-11-9-16(7-6-15(11)2)13(10-17)12-4-3-5-14-8-12/h3-5,8,11,13,17H,6-7,9-10H2,1-2H3. The predicted octanol–water partition coefficient (Wildman–Crippen LogP) is 0.751. The normalized spacial score (nSPS) is 24.8. The molecule has 1 fully saturated rings. The van der Waals surface area contributed by atoms with Gasteiger partial charge in [-0.3, -0.25) is 9.88 Å². The second-order valence-corrected chi connectivity index (χ2v) is 4.81. The first-order valence-corrected chi connectivity index (χ1v) is 6.17. The topological polar surface area (TPSA) is 39.6 Å². The Balaban J connectivity index is 2.09. The minimum atomic E-state index is 0.0832. The van der Waals surface area contributed by atoms with Crippen LogP contribution in [0.15, 0.2) is 24.5 Å². The van der Waals surface area contributed by atoms with Gasteiger partial charge in [-0.25, -0.2) is 0 Å². The molecule has 1 aliphatic heterocycles. The fraction of sp³-hybridized carbons (Fsp3) is 0.615. The molecule has 1 aromatic rings. The van der Waals surface area contributed by atoms with Gasteiger partial charge in [-0.1, -0.05) is 6.07 Å². The number of aliphatic hydroxyl groups excluding tert-OH is 1. The zero-order valence-corrected chi connectivity index (χ0v) is 10.6. The first-order valence-electron chi connectivity index (χ1n) is 6.17. The predicted molar refractivity (Wildman–Crippen MR) is 67.7 cm³/mol. The third-order valence-corrected chi connectivity index (χ3v) is 3.67. The van der Waals surface area contributed by atoms with Crippen molar-refractivity contribution in [2.75, 3.05) is 33.3 Å². The molecule has 94 valence electrons. The maximum atomic E-state index is 9.60. The number of rotatable bonds is 3.